The number of nitrogens with one attached hydrogen (secondary N) is 1. The normalized spacial score (nSPS) is 13.7. The molecule has 0 aliphatic carbocycles. The number of nitrogens with zero attached hydrogens (tertiary/aromatic N) is 5. The van der Waals surface area contributed by atoms with Gasteiger partial charge in [-0.2, -0.15) is 0 Å². The molecule has 3 N–H and O–H groups in total. The van der Waals surface area contributed by atoms with Crippen LogP contribution in [0.1, 0.15) is 11.7 Å². The molecule has 8 heteroatoms. The van der Waals surface area contributed by atoms with Gasteiger partial charge in [0.05, 0.1) is 12.6 Å². The molecule has 86 valence electrons. The largest absolute Gasteiger partial charge is 0.390 e. The number of rotatable bonds is 5. The fraction of sp³-hybridized carbons (Fsp3) is 0.500. The lowest BCUT2D eigenvalue weighted by atomic mass is 10.1. The molecule has 0 radical (unpaired) electrons. The first-order chi connectivity index (χ1) is 7.69. The van der Waals surface area contributed by atoms with Gasteiger partial charge in [0.25, 0.3) is 0 Å². The Hall–Kier alpha value is -1.89. The average molecular weight is 224 g/mol. The predicted molar refractivity (Wildman–Crippen MR) is 56.6 cm³/mol. The standard InChI is InChI=1S/C8H12N6O2/c1-10-8-11-2-5(3-12-8)7(16)6(15)4-13-14-9/h2-3,6-7,15-16H,4H2,1H3,(H,10,11,12). The molecular weight excluding hydrogens is 212 g/mol. The van der Waals surface area contributed by atoms with Crippen molar-refractivity contribution in [3.05, 3.63) is 28.4 Å². The number of aromatic nitrogens is 2. The van der Waals surface area contributed by atoms with Crippen LogP contribution >= 0.6 is 0 Å². The minimum atomic E-state index is -1.17. The predicted octanol–water partition coefficient (Wildman–Crippen LogP) is 0.223. The minimum absolute atomic E-state index is 0.203. The zero-order valence-electron chi connectivity index (χ0n) is 8.65. The third-order valence-corrected chi connectivity index (χ3v) is 1.93. The van der Waals surface area contributed by atoms with Crippen molar-refractivity contribution < 1.29 is 10.2 Å². The second kappa shape index (κ2) is 5.86. The molecule has 0 saturated heterocycles. The smallest absolute Gasteiger partial charge is 0.222 e. The van der Waals surface area contributed by atoms with Crippen LogP contribution in [-0.4, -0.2) is 39.9 Å². The molecule has 0 bridgehead atoms. The van der Waals surface area contributed by atoms with Gasteiger partial charge >= 0.3 is 0 Å². The van der Waals surface area contributed by atoms with Crippen LogP contribution in [0.15, 0.2) is 17.5 Å². The molecule has 0 saturated carbocycles. The van der Waals surface area contributed by atoms with Crippen molar-refractivity contribution in [1.29, 1.82) is 0 Å². The molecule has 1 rings (SSSR count). The second-order valence-corrected chi connectivity index (χ2v) is 3.02. The Morgan fingerprint density at radius 3 is 2.62 bits per heavy atom. The highest BCUT2D eigenvalue weighted by molar-refractivity contribution is 5.24. The van der Waals surface area contributed by atoms with Gasteiger partial charge in [-0.1, -0.05) is 5.11 Å². The van der Waals surface area contributed by atoms with E-state index in [4.69, 9.17) is 5.53 Å². The van der Waals surface area contributed by atoms with E-state index in [0.29, 0.717) is 11.5 Å². The van der Waals surface area contributed by atoms with Crippen LogP contribution in [0.25, 0.3) is 10.4 Å². The Balaban J connectivity index is 2.71. The van der Waals surface area contributed by atoms with E-state index in [1.807, 2.05) is 0 Å². The summed E-state index contributed by atoms with van der Waals surface area (Å²) < 4.78 is 0. The molecule has 0 spiro atoms. The highest BCUT2D eigenvalue weighted by Gasteiger charge is 2.18. The Kier molecular flexibility index (Phi) is 4.46. The molecule has 1 aromatic heterocycles. The Labute approximate surface area is 91.6 Å². The summed E-state index contributed by atoms with van der Waals surface area (Å²) in [4.78, 5) is 10.3. The zero-order valence-corrected chi connectivity index (χ0v) is 8.65. The fourth-order valence-electron chi connectivity index (χ4n) is 1.06. The summed E-state index contributed by atoms with van der Waals surface area (Å²) in [5, 5.41) is 25.0. The zero-order chi connectivity index (χ0) is 12.0. The van der Waals surface area contributed by atoms with Crippen LogP contribution in [0.5, 0.6) is 0 Å². The first-order valence-electron chi connectivity index (χ1n) is 4.55. The van der Waals surface area contributed by atoms with Crippen LogP contribution < -0.4 is 5.32 Å². The van der Waals surface area contributed by atoms with E-state index in [-0.39, 0.29) is 6.54 Å². The Morgan fingerprint density at radius 1 is 1.50 bits per heavy atom. The van der Waals surface area contributed by atoms with Crippen LogP contribution in [-0.2, 0) is 0 Å². The van der Waals surface area contributed by atoms with Crippen molar-refractivity contribution in [1.82, 2.24) is 9.97 Å². The molecule has 0 aromatic carbocycles. The summed E-state index contributed by atoms with van der Waals surface area (Å²) in [5.74, 6) is 0.417. The van der Waals surface area contributed by atoms with Gasteiger partial charge in [-0.3, -0.25) is 0 Å². The Morgan fingerprint density at radius 2 is 2.12 bits per heavy atom. The van der Waals surface area contributed by atoms with Crippen molar-refractivity contribution in [3.8, 4) is 0 Å². The maximum absolute atomic E-state index is 9.65. The van der Waals surface area contributed by atoms with Gasteiger partial charge in [-0.25, -0.2) is 9.97 Å². The minimum Gasteiger partial charge on any atom is -0.390 e. The maximum Gasteiger partial charge on any atom is 0.222 e. The van der Waals surface area contributed by atoms with Crippen molar-refractivity contribution in [2.45, 2.75) is 12.2 Å². The van der Waals surface area contributed by atoms with Gasteiger partial charge in [-0.05, 0) is 5.53 Å². The van der Waals surface area contributed by atoms with Gasteiger partial charge < -0.3 is 15.5 Å². The number of hydrogen-bond donors (Lipinski definition) is 3. The molecule has 1 heterocycles. The highest BCUT2D eigenvalue weighted by atomic mass is 16.3. The third-order valence-electron chi connectivity index (χ3n) is 1.93. The van der Waals surface area contributed by atoms with Gasteiger partial charge in [0.1, 0.15) is 6.10 Å². The van der Waals surface area contributed by atoms with Crippen molar-refractivity contribution in [2.24, 2.45) is 5.11 Å². The average Bonchev–Trinajstić information content (AvgIpc) is 2.35. The lowest BCUT2D eigenvalue weighted by Crippen LogP contribution is -2.21. The third kappa shape index (κ3) is 3.06. The molecule has 0 fully saturated rings. The summed E-state index contributed by atoms with van der Waals surface area (Å²) in [5.41, 5.74) is 8.43. The van der Waals surface area contributed by atoms with E-state index < -0.39 is 12.2 Å². The van der Waals surface area contributed by atoms with E-state index in [9.17, 15) is 10.2 Å². The molecule has 16 heavy (non-hydrogen) atoms. The molecule has 1 aromatic rings. The first-order valence-corrected chi connectivity index (χ1v) is 4.55. The summed E-state index contributed by atoms with van der Waals surface area (Å²) in [6.45, 7) is -0.203. The van der Waals surface area contributed by atoms with Crippen LogP contribution in [0.3, 0.4) is 0 Å². The number of anilines is 1. The quantitative estimate of drug-likeness (QED) is 0.374. The van der Waals surface area contributed by atoms with Crippen molar-refractivity contribution in [3.63, 3.8) is 0 Å². The van der Waals surface area contributed by atoms with Crippen LogP contribution in [0.4, 0.5) is 5.95 Å². The van der Waals surface area contributed by atoms with Crippen LogP contribution in [0, 0.1) is 0 Å². The highest BCUT2D eigenvalue weighted by Crippen LogP contribution is 2.15. The van der Waals surface area contributed by atoms with Gasteiger partial charge in [0.15, 0.2) is 0 Å². The van der Waals surface area contributed by atoms with Gasteiger partial charge in [-0.15, -0.1) is 0 Å². The van der Waals surface area contributed by atoms with E-state index >= 15 is 0 Å². The summed E-state index contributed by atoms with van der Waals surface area (Å²) in [6.07, 6.45) is 0.447. The summed E-state index contributed by atoms with van der Waals surface area (Å²) >= 11 is 0. The second-order valence-electron chi connectivity index (χ2n) is 3.02. The first kappa shape index (κ1) is 12.2. The molecule has 0 aliphatic rings. The molecule has 8 nitrogen and oxygen atoms in total. The number of azide groups is 1. The monoisotopic (exact) mass is 224 g/mol. The van der Waals surface area contributed by atoms with Crippen LogP contribution in [0.2, 0.25) is 0 Å². The molecule has 0 aliphatic heterocycles. The topological polar surface area (TPSA) is 127 Å². The fourth-order valence-corrected chi connectivity index (χ4v) is 1.06. The van der Waals surface area contributed by atoms with E-state index in [1.165, 1.54) is 12.4 Å². The summed E-state index contributed by atoms with van der Waals surface area (Å²) in [7, 11) is 1.67. The van der Waals surface area contributed by atoms with E-state index in [0.717, 1.165) is 0 Å². The molecule has 2 atom stereocenters. The number of aliphatic hydroxyl groups excluding tert-OH is 2. The van der Waals surface area contributed by atoms with Crippen molar-refractivity contribution in [2.75, 3.05) is 18.9 Å². The SMILES string of the molecule is CNc1ncc(C(O)C(O)CN=[N+]=[N-])cn1. The summed E-state index contributed by atoms with van der Waals surface area (Å²) in [6, 6.07) is 0. The molecular formula is C8H12N6O2. The lowest BCUT2D eigenvalue weighted by molar-refractivity contribution is 0.0240. The Bertz CT molecular complexity index is 375. The molecule has 2 unspecified atom stereocenters. The van der Waals surface area contributed by atoms with E-state index in [2.05, 4.69) is 25.3 Å². The van der Waals surface area contributed by atoms with Gasteiger partial charge in [0, 0.05) is 29.9 Å². The van der Waals surface area contributed by atoms with Gasteiger partial charge in [0.2, 0.25) is 5.95 Å². The number of aliphatic hydroxyl groups is 2. The van der Waals surface area contributed by atoms with E-state index in [1.54, 1.807) is 7.05 Å². The maximum atomic E-state index is 9.65. The number of hydrogen-bond acceptors (Lipinski definition) is 6. The molecule has 0 amide bonds. The lowest BCUT2D eigenvalue weighted by Gasteiger charge is -2.15. The van der Waals surface area contributed by atoms with Crippen molar-refractivity contribution >= 4 is 5.95 Å².